The number of rotatable bonds is 6. The molecule has 1 aliphatic heterocycles. The number of dihydropyridines is 1. The number of esters is 2. The first-order chi connectivity index (χ1) is 16.8. The quantitative estimate of drug-likeness (QED) is 0.406. The normalized spacial score (nSPS) is 14.0. The number of allylic oxidation sites excluding steroid dienone is 2. The lowest BCUT2D eigenvalue weighted by Gasteiger charge is -2.30. The predicted octanol–water partition coefficient (Wildman–Crippen LogP) is 5.79. The van der Waals surface area contributed by atoms with Gasteiger partial charge in [0.1, 0.15) is 0 Å². The molecule has 0 atom stereocenters. The first kappa shape index (κ1) is 24.5. The average Bonchev–Trinajstić information content (AvgIpc) is 3.31. The first-order valence-corrected chi connectivity index (χ1v) is 12.0. The lowest BCUT2D eigenvalue weighted by Crippen LogP contribution is -2.32. The number of benzene rings is 2. The fraction of sp³-hybridized carbons (Fsp3) is 0.192. The summed E-state index contributed by atoms with van der Waals surface area (Å²) in [6.45, 7) is 3.57. The van der Waals surface area contributed by atoms with Gasteiger partial charge in [0.15, 0.2) is 5.13 Å². The van der Waals surface area contributed by atoms with Gasteiger partial charge in [-0.25, -0.2) is 14.6 Å². The summed E-state index contributed by atoms with van der Waals surface area (Å²) in [5.74, 6) is -1.69. The minimum absolute atomic E-state index is 0.355. The molecule has 0 spiro atoms. The van der Waals surface area contributed by atoms with E-state index < -0.39 is 17.9 Å². The number of nitrogens with zero attached hydrogens (tertiary/aromatic N) is 1. The molecular weight excluding hydrogens is 486 g/mol. The zero-order chi connectivity index (χ0) is 25.1. The number of aromatic nitrogens is 1. The summed E-state index contributed by atoms with van der Waals surface area (Å²) in [5.41, 5.74) is 5.19. The summed E-state index contributed by atoms with van der Waals surface area (Å²) in [7, 11) is 2.64. The van der Waals surface area contributed by atoms with Crippen LogP contribution in [0, 0.1) is 0 Å². The van der Waals surface area contributed by atoms with E-state index in [0.717, 1.165) is 22.5 Å². The molecule has 0 radical (unpaired) electrons. The van der Waals surface area contributed by atoms with Crippen LogP contribution in [-0.4, -0.2) is 31.1 Å². The molecule has 180 valence electrons. The molecule has 0 saturated carbocycles. The first-order valence-electron chi connectivity index (χ1n) is 10.8. The number of halogens is 1. The van der Waals surface area contributed by atoms with Gasteiger partial charge >= 0.3 is 11.9 Å². The van der Waals surface area contributed by atoms with Gasteiger partial charge in [-0.05, 0) is 43.7 Å². The van der Waals surface area contributed by atoms with Crippen molar-refractivity contribution in [2.45, 2.75) is 19.8 Å². The molecule has 1 aliphatic rings. The van der Waals surface area contributed by atoms with Gasteiger partial charge in [0, 0.05) is 33.0 Å². The molecular formula is C26H24ClN3O4S. The van der Waals surface area contributed by atoms with Crippen molar-refractivity contribution in [3.05, 3.63) is 87.0 Å². The van der Waals surface area contributed by atoms with E-state index >= 15 is 0 Å². The van der Waals surface area contributed by atoms with E-state index in [1.54, 1.807) is 13.8 Å². The lowest BCUT2D eigenvalue weighted by molar-refractivity contribution is -0.137. The zero-order valence-electron chi connectivity index (χ0n) is 19.6. The standard InChI is InChI=1S/C26H24ClN3O4S/c1-14-21(24(31)33-3)23(22(15(2)28-14)25(32)34-4)17-8-6-10-19(12-17)29-26-30-20(13-35-26)16-7-5-9-18(27)11-16/h5-13,23,28H,1-4H3,(H,29,30). The second-order valence-corrected chi connectivity index (χ2v) is 9.21. The molecule has 2 aromatic carbocycles. The van der Waals surface area contributed by atoms with Crippen LogP contribution < -0.4 is 10.6 Å². The second-order valence-electron chi connectivity index (χ2n) is 7.92. The number of anilines is 2. The molecule has 0 aliphatic carbocycles. The van der Waals surface area contributed by atoms with E-state index in [0.29, 0.717) is 32.7 Å². The molecule has 0 bridgehead atoms. The SMILES string of the molecule is COC(=O)C1=C(C)NC(C)=C(C(=O)OC)C1c1cccc(Nc2nc(-c3cccc(Cl)c3)cs2)c1. The number of carbonyl (C=O) groups is 2. The number of nitrogens with one attached hydrogen (secondary N) is 2. The largest absolute Gasteiger partial charge is 0.466 e. The maximum absolute atomic E-state index is 12.7. The second kappa shape index (κ2) is 10.3. The van der Waals surface area contributed by atoms with Crippen LogP contribution in [0.5, 0.6) is 0 Å². The van der Waals surface area contributed by atoms with E-state index in [9.17, 15) is 9.59 Å². The number of hydrogen-bond acceptors (Lipinski definition) is 8. The van der Waals surface area contributed by atoms with Crippen molar-refractivity contribution in [3.8, 4) is 11.3 Å². The van der Waals surface area contributed by atoms with Crippen molar-refractivity contribution in [2.24, 2.45) is 0 Å². The van der Waals surface area contributed by atoms with E-state index in [1.807, 2.05) is 53.9 Å². The Balaban J connectivity index is 1.70. The van der Waals surface area contributed by atoms with Crippen LogP contribution in [0.2, 0.25) is 5.02 Å². The van der Waals surface area contributed by atoms with Gasteiger partial charge in [-0.1, -0.05) is 35.9 Å². The summed E-state index contributed by atoms with van der Waals surface area (Å²) < 4.78 is 10.1. The lowest BCUT2D eigenvalue weighted by atomic mass is 9.80. The maximum Gasteiger partial charge on any atom is 0.336 e. The highest BCUT2D eigenvalue weighted by Gasteiger charge is 2.37. The van der Waals surface area contributed by atoms with Crippen molar-refractivity contribution < 1.29 is 19.1 Å². The van der Waals surface area contributed by atoms with Gasteiger partial charge < -0.3 is 20.1 Å². The molecule has 0 fully saturated rings. The van der Waals surface area contributed by atoms with Crippen molar-refractivity contribution in [2.75, 3.05) is 19.5 Å². The topological polar surface area (TPSA) is 89.5 Å². The molecule has 0 saturated heterocycles. The third-order valence-electron chi connectivity index (χ3n) is 5.67. The van der Waals surface area contributed by atoms with E-state index in [1.165, 1.54) is 25.6 Å². The van der Waals surface area contributed by atoms with Crippen molar-refractivity contribution in [1.82, 2.24) is 10.3 Å². The number of carbonyl (C=O) groups excluding carboxylic acids is 2. The van der Waals surface area contributed by atoms with E-state index in [-0.39, 0.29) is 0 Å². The summed E-state index contributed by atoms with van der Waals surface area (Å²) >= 11 is 7.58. The minimum atomic E-state index is -0.656. The molecule has 0 unspecified atom stereocenters. The zero-order valence-corrected chi connectivity index (χ0v) is 21.2. The van der Waals surface area contributed by atoms with Crippen LogP contribution in [0.15, 0.2) is 76.5 Å². The van der Waals surface area contributed by atoms with Gasteiger partial charge in [-0.3, -0.25) is 0 Å². The highest BCUT2D eigenvalue weighted by molar-refractivity contribution is 7.14. The third-order valence-corrected chi connectivity index (χ3v) is 6.66. The van der Waals surface area contributed by atoms with Crippen LogP contribution in [-0.2, 0) is 19.1 Å². The summed E-state index contributed by atoms with van der Waals surface area (Å²) in [5, 5.41) is 9.73. The summed E-state index contributed by atoms with van der Waals surface area (Å²) in [6.07, 6.45) is 0. The Morgan fingerprint density at radius 2 is 1.66 bits per heavy atom. The molecule has 9 heteroatoms. The third kappa shape index (κ3) is 5.08. The Morgan fingerprint density at radius 1 is 1.00 bits per heavy atom. The Labute approximate surface area is 212 Å². The number of methoxy groups -OCH3 is 2. The Kier molecular flexibility index (Phi) is 7.23. The fourth-order valence-corrected chi connectivity index (χ4v) is 5.05. The highest BCUT2D eigenvalue weighted by Crippen LogP contribution is 2.40. The predicted molar refractivity (Wildman–Crippen MR) is 138 cm³/mol. The molecule has 4 rings (SSSR count). The van der Waals surface area contributed by atoms with Crippen molar-refractivity contribution in [1.29, 1.82) is 0 Å². The van der Waals surface area contributed by atoms with E-state index in [2.05, 4.69) is 15.6 Å². The maximum atomic E-state index is 12.7. The molecule has 2 N–H and O–H groups in total. The smallest absolute Gasteiger partial charge is 0.336 e. The van der Waals surface area contributed by atoms with Crippen molar-refractivity contribution >= 4 is 45.7 Å². The summed E-state index contributed by atoms with van der Waals surface area (Å²) in [6, 6.07) is 15.0. The van der Waals surface area contributed by atoms with Crippen molar-refractivity contribution in [3.63, 3.8) is 0 Å². The number of thiazole rings is 1. The van der Waals surface area contributed by atoms with Gasteiger partial charge in [0.25, 0.3) is 0 Å². The molecule has 7 nitrogen and oxygen atoms in total. The van der Waals surface area contributed by atoms with Crippen LogP contribution in [0.3, 0.4) is 0 Å². The Hall–Kier alpha value is -3.62. The molecule has 3 aromatic rings. The fourth-order valence-electron chi connectivity index (χ4n) is 4.12. The molecule has 1 aromatic heterocycles. The summed E-state index contributed by atoms with van der Waals surface area (Å²) in [4.78, 5) is 30.1. The molecule has 2 heterocycles. The Bertz CT molecular complexity index is 1320. The Morgan fingerprint density at radius 3 is 2.29 bits per heavy atom. The van der Waals surface area contributed by atoms with Gasteiger partial charge in [-0.2, -0.15) is 0 Å². The highest BCUT2D eigenvalue weighted by atomic mass is 35.5. The van der Waals surface area contributed by atoms with Crippen LogP contribution in [0.25, 0.3) is 11.3 Å². The average molecular weight is 510 g/mol. The van der Waals surface area contributed by atoms with Gasteiger partial charge in [-0.15, -0.1) is 11.3 Å². The van der Waals surface area contributed by atoms with Crippen LogP contribution in [0.4, 0.5) is 10.8 Å². The number of ether oxygens (including phenoxy) is 2. The van der Waals surface area contributed by atoms with Gasteiger partial charge in [0.05, 0.1) is 37.0 Å². The van der Waals surface area contributed by atoms with Crippen LogP contribution in [0.1, 0.15) is 25.3 Å². The van der Waals surface area contributed by atoms with E-state index in [4.69, 9.17) is 21.1 Å². The van der Waals surface area contributed by atoms with Gasteiger partial charge in [0.2, 0.25) is 0 Å². The van der Waals surface area contributed by atoms with Crippen LogP contribution >= 0.6 is 22.9 Å². The monoisotopic (exact) mass is 509 g/mol. The molecule has 35 heavy (non-hydrogen) atoms. The minimum Gasteiger partial charge on any atom is -0.466 e. The molecule has 0 amide bonds. The number of hydrogen-bond donors (Lipinski definition) is 2.